The Kier molecular flexibility index (Phi) is 5.79. The minimum atomic E-state index is -2.05. The Morgan fingerprint density at radius 2 is 1.18 bits per heavy atom. The molecule has 4 heteroatoms. The van der Waals surface area contributed by atoms with E-state index in [1.807, 2.05) is 0 Å². The summed E-state index contributed by atoms with van der Waals surface area (Å²) in [5.74, 6) is 0.758. The van der Waals surface area contributed by atoms with Crippen molar-refractivity contribution in [3.05, 3.63) is 151 Å². The molecular weight excluding hydrogens is 611 g/mol. The van der Waals surface area contributed by atoms with E-state index in [-0.39, 0.29) is 5.41 Å². The van der Waals surface area contributed by atoms with Crippen molar-refractivity contribution in [3.63, 3.8) is 0 Å². The monoisotopic (exact) mass is 645 g/mol. The Bertz CT molecular complexity index is 2660. The number of nitrogens with zero attached hydrogens (tertiary/aromatic N) is 3. The molecule has 49 heavy (non-hydrogen) atoms. The molecule has 0 N–H and O–H groups in total. The lowest BCUT2D eigenvalue weighted by atomic mass is 9.82. The zero-order chi connectivity index (χ0) is 33.1. The van der Waals surface area contributed by atoms with Crippen LogP contribution >= 0.6 is 0 Å². The third-order valence-electron chi connectivity index (χ3n) is 11.2. The molecule has 8 aromatic rings. The molecule has 0 amide bonds. The second-order valence-corrected chi connectivity index (χ2v) is 18.9. The van der Waals surface area contributed by atoms with Crippen LogP contribution < -0.4 is 10.4 Å². The fourth-order valence-electron chi connectivity index (χ4n) is 8.82. The molecule has 0 saturated heterocycles. The third-order valence-corrected chi connectivity index (χ3v) is 14.7. The van der Waals surface area contributed by atoms with Crippen molar-refractivity contribution in [2.75, 3.05) is 0 Å². The van der Waals surface area contributed by atoms with E-state index >= 15 is 0 Å². The smallest absolute Gasteiger partial charge is 0.162 e. The Morgan fingerprint density at radius 3 is 2.02 bits per heavy atom. The van der Waals surface area contributed by atoms with E-state index in [9.17, 15) is 0 Å². The van der Waals surface area contributed by atoms with Gasteiger partial charge in [-0.25, -0.2) is 9.97 Å². The summed E-state index contributed by atoms with van der Waals surface area (Å²) in [6, 6.07) is 50.9. The highest BCUT2D eigenvalue weighted by Gasteiger charge is 2.42. The van der Waals surface area contributed by atoms with Gasteiger partial charge in [0.1, 0.15) is 8.07 Å². The van der Waals surface area contributed by atoms with Gasteiger partial charge in [0.05, 0.1) is 28.1 Å². The minimum absolute atomic E-state index is 0.0687. The van der Waals surface area contributed by atoms with E-state index < -0.39 is 8.07 Å². The summed E-state index contributed by atoms with van der Waals surface area (Å²) in [7, 11) is -2.05. The molecule has 1 aliphatic carbocycles. The second kappa shape index (κ2) is 9.97. The van der Waals surface area contributed by atoms with E-state index in [0.717, 1.165) is 34.0 Å². The van der Waals surface area contributed by atoms with Crippen LogP contribution in [0.4, 0.5) is 0 Å². The van der Waals surface area contributed by atoms with E-state index in [4.69, 9.17) is 9.97 Å². The summed E-state index contributed by atoms with van der Waals surface area (Å²) in [6.07, 6.45) is 0. The average Bonchev–Trinajstić information content (AvgIpc) is 3.67. The number of benzene rings is 6. The van der Waals surface area contributed by atoms with Crippen molar-refractivity contribution in [1.82, 2.24) is 14.5 Å². The predicted molar refractivity (Wildman–Crippen MR) is 207 cm³/mol. The molecule has 6 aromatic carbocycles. The molecule has 10 rings (SSSR count). The van der Waals surface area contributed by atoms with Crippen LogP contribution in [0, 0.1) is 0 Å². The van der Waals surface area contributed by atoms with Gasteiger partial charge in [0.2, 0.25) is 0 Å². The van der Waals surface area contributed by atoms with E-state index in [2.05, 4.69) is 171 Å². The largest absolute Gasteiger partial charge is 0.308 e. The molecule has 3 heterocycles. The fraction of sp³-hybridized carbons (Fsp3) is 0.111. The van der Waals surface area contributed by atoms with Crippen molar-refractivity contribution in [2.45, 2.75) is 32.4 Å². The van der Waals surface area contributed by atoms with Crippen molar-refractivity contribution in [3.8, 4) is 50.7 Å². The van der Waals surface area contributed by atoms with Gasteiger partial charge >= 0.3 is 0 Å². The van der Waals surface area contributed by atoms with Crippen LogP contribution in [-0.4, -0.2) is 22.6 Å². The zero-order valence-electron chi connectivity index (χ0n) is 28.1. The van der Waals surface area contributed by atoms with Gasteiger partial charge in [-0.2, -0.15) is 0 Å². The van der Waals surface area contributed by atoms with Crippen LogP contribution in [0.2, 0.25) is 13.1 Å². The zero-order valence-corrected chi connectivity index (χ0v) is 29.1. The first kappa shape index (κ1) is 28.4. The topological polar surface area (TPSA) is 30.7 Å². The second-order valence-electron chi connectivity index (χ2n) is 14.6. The quantitative estimate of drug-likeness (QED) is 0.179. The van der Waals surface area contributed by atoms with Crippen molar-refractivity contribution in [2.24, 2.45) is 0 Å². The number of para-hydroxylation sites is 2. The number of hydrogen-bond acceptors (Lipinski definition) is 2. The summed E-state index contributed by atoms with van der Waals surface area (Å²) < 4.78 is 2.44. The van der Waals surface area contributed by atoms with Crippen molar-refractivity contribution in [1.29, 1.82) is 0 Å². The lowest BCUT2D eigenvalue weighted by molar-refractivity contribution is 0.661. The highest BCUT2D eigenvalue weighted by molar-refractivity contribution is 7.04. The fourth-order valence-corrected chi connectivity index (χ4v) is 12.1. The lowest BCUT2D eigenvalue weighted by Gasteiger charge is -2.22. The van der Waals surface area contributed by atoms with Gasteiger partial charge in [-0.3, -0.25) is 0 Å². The first-order valence-corrected chi connectivity index (χ1v) is 20.2. The summed E-state index contributed by atoms with van der Waals surface area (Å²) >= 11 is 0. The Labute approximate surface area is 287 Å². The van der Waals surface area contributed by atoms with Gasteiger partial charge in [0.15, 0.2) is 5.82 Å². The van der Waals surface area contributed by atoms with Crippen LogP contribution in [0.25, 0.3) is 72.5 Å². The number of aromatic nitrogens is 3. The molecule has 234 valence electrons. The van der Waals surface area contributed by atoms with Gasteiger partial charge in [0.25, 0.3) is 0 Å². The van der Waals surface area contributed by atoms with Crippen LogP contribution in [0.1, 0.15) is 25.0 Å². The maximum absolute atomic E-state index is 5.51. The highest BCUT2D eigenvalue weighted by Crippen LogP contribution is 2.51. The van der Waals surface area contributed by atoms with Gasteiger partial charge in [0, 0.05) is 27.3 Å². The van der Waals surface area contributed by atoms with E-state index in [1.54, 1.807) is 0 Å². The first-order valence-electron chi connectivity index (χ1n) is 17.2. The number of hydrogen-bond donors (Lipinski definition) is 0. The molecule has 0 saturated carbocycles. The highest BCUT2D eigenvalue weighted by atomic mass is 28.3. The molecule has 0 atom stereocenters. The van der Waals surface area contributed by atoms with E-state index in [0.29, 0.717) is 0 Å². The van der Waals surface area contributed by atoms with Crippen molar-refractivity contribution >= 4 is 40.3 Å². The summed E-state index contributed by atoms with van der Waals surface area (Å²) in [5, 5.41) is 5.28. The molecule has 0 unspecified atom stereocenters. The van der Waals surface area contributed by atoms with Gasteiger partial charge < -0.3 is 4.57 Å². The van der Waals surface area contributed by atoms with Gasteiger partial charge in [-0.15, -0.1) is 0 Å². The molecular formula is C45H35N3Si. The lowest BCUT2D eigenvalue weighted by Crippen LogP contribution is -2.50. The normalized spacial score (nSPS) is 14.9. The van der Waals surface area contributed by atoms with Crippen LogP contribution in [0.3, 0.4) is 0 Å². The Morgan fingerprint density at radius 1 is 0.531 bits per heavy atom. The van der Waals surface area contributed by atoms with Crippen LogP contribution in [0.5, 0.6) is 0 Å². The maximum Gasteiger partial charge on any atom is 0.162 e. The minimum Gasteiger partial charge on any atom is -0.308 e. The number of rotatable bonds is 3. The first-order chi connectivity index (χ1) is 23.8. The molecule has 0 bridgehead atoms. The Balaban J connectivity index is 1.28. The summed E-state index contributed by atoms with van der Waals surface area (Å²) in [6.45, 7) is 9.60. The maximum atomic E-state index is 5.51. The average molecular weight is 646 g/mol. The van der Waals surface area contributed by atoms with Crippen LogP contribution in [0.15, 0.2) is 140 Å². The molecule has 1 aliphatic heterocycles. The third kappa shape index (κ3) is 3.83. The summed E-state index contributed by atoms with van der Waals surface area (Å²) in [5.41, 5.74) is 14.4. The predicted octanol–water partition coefficient (Wildman–Crippen LogP) is 10.0. The summed E-state index contributed by atoms with van der Waals surface area (Å²) in [4.78, 5) is 11.0. The number of fused-ring (bicyclic) bond motifs is 9. The SMILES string of the molecule is CC1(C)c2ccccc2-c2cc3c(cc21)c1ccccc1n3-c1ccccc1-c1nc(-c2ccccc2)c2c(n1)-c1ccccc1[Si]2(C)C. The molecule has 2 aromatic heterocycles. The molecule has 3 nitrogen and oxygen atoms in total. The van der Waals surface area contributed by atoms with E-state index in [1.165, 1.54) is 60.0 Å². The standard InChI is InChI=1S/C45H35N3Si/c1-45(2)35-22-12-8-18-29(35)33-27-39-34(26-36(33)45)30-19-9-13-23-37(30)48(39)38-24-14-10-20-31(38)44-46-41(28-16-6-5-7-17-28)43-42(47-44)32-21-11-15-25-40(32)49(43,3)4/h5-27H,1-4H3. The molecule has 0 fully saturated rings. The van der Waals surface area contributed by atoms with Gasteiger partial charge in [-0.1, -0.05) is 136 Å². The van der Waals surface area contributed by atoms with Gasteiger partial charge in [-0.05, 0) is 68.5 Å². The molecule has 2 aliphatic rings. The van der Waals surface area contributed by atoms with Crippen molar-refractivity contribution < 1.29 is 0 Å². The molecule has 0 radical (unpaired) electrons. The van der Waals surface area contributed by atoms with Crippen LogP contribution in [-0.2, 0) is 5.41 Å². The molecule has 0 spiro atoms. The Hall–Kier alpha value is -5.58.